The van der Waals surface area contributed by atoms with Gasteiger partial charge in [0.05, 0.1) is 53.2 Å². The Labute approximate surface area is 776 Å². The molecule has 0 spiro atoms. The van der Waals surface area contributed by atoms with Crippen molar-refractivity contribution in [3.05, 3.63) is 239 Å². The summed E-state index contributed by atoms with van der Waals surface area (Å²) in [5.74, 6) is 1.10. The first-order valence-electron chi connectivity index (χ1n) is 39.3. The molecule has 0 saturated carbocycles. The van der Waals surface area contributed by atoms with Crippen molar-refractivity contribution in [1.29, 1.82) is 0 Å². The number of carbonyl (C=O) groups excluding carboxylic acids is 6. The maximum atomic E-state index is 14.0. The van der Waals surface area contributed by atoms with Crippen LogP contribution in [0.15, 0.2) is 214 Å². The standard InChI is InChI=1S/C30H30ClN3O6S2.C27H25ClN2O6S2.C22H17ClN2O4S2.C11H22N4O2.CH4/c1-19-32-28(27(41-19)24(35)17-18-33(5)6)39-25-16-15-23(20-11-7-8-12-21(20)25)34(29(36)40-30(2,3)4)42(37,38)26-14-10-9-13-22(26)31;1-16(31)24-25(29-17(2)37-24)35-22-15-14-21(18-10-6-7-11-19(18)22)30(26(32)36-27(3,4)5)38(33,34)23-13-9-8-12-20(23)28;1-13(26)21-22(24-14(2)30-21)29-19-12-11-18(15-7-3-4-8-16(15)19)25-31(27,28)20-10-6-5-9-17(20)23;1-11(2,3)17-10(16)15-6-4-5-8(7-15)14-9(12)13;/h7-18H,1-6H3;6-15H,1-5H3;3-12,25H,1-2H3;8H,4-7H2,1-3H3,(H4,12,13,14);1H4/b18-17+;;;;/t;;;8-;/m...0./s1. The van der Waals surface area contributed by atoms with Crippen LogP contribution in [0.4, 0.5) is 31.4 Å². The maximum Gasteiger partial charge on any atom is 0.429 e. The number of nitrogens with one attached hydrogen (secondary N) is 1. The Kier molecular flexibility index (Phi) is 33.0. The number of ketones is 3. The highest BCUT2D eigenvalue weighted by atomic mass is 35.5. The van der Waals surface area contributed by atoms with Crippen molar-refractivity contribution in [2.75, 3.05) is 40.5 Å². The van der Waals surface area contributed by atoms with Gasteiger partial charge in [-0.05, 0) is 169 Å². The number of nitrogens with two attached hydrogens (primary N) is 2. The average molecular weight is 1930 g/mol. The minimum atomic E-state index is -4.53. The second-order valence-corrected chi connectivity index (χ2v) is 41.7. The van der Waals surface area contributed by atoms with Crippen LogP contribution in [-0.2, 0) is 44.3 Å². The number of halogens is 3. The summed E-state index contributed by atoms with van der Waals surface area (Å²) < 4.78 is 120. The fourth-order valence-electron chi connectivity index (χ4n) is 12.5. The summed E-state index contributed by atoms with van der Waals surface area (Å²) in [7, 11) is -9.32. The highest BCUT2D eigenvalue weighted by Gasteiger charge is 2.40. The van der Waals surface area contributed by atoms with E-state index < -0.39 is 59.1 Å². The lowest BCUT2D eigenvalue weighted by Gasteiger charge is -2.32. The molecule has 0 unspecified atom stereocenters. The second kappa shape index (κ2) is 42.2. The van der Waals surface area contributed by atoms with Gasteiger partial charge in [-0.25, -0.2) is 59.6 Å². The number of piperidine rings is 1. The SMILES string of the molecule is C.CC(=O)c1sc(C)nc1Oc1ccc(N(C(=O)OC(C)(C)C)S(=O)(=O)c2ccccc2Cl)c2ccccc12.CC(=O)c1sc(C)nc1Oc1ccc(NS(=O)(=O)c2ccccc2Cl)c2ccccc12.CC(C)(C)OC(=O)N1CCC[C@H](N=C(N)N)C1.Cc1nc(Oc2ccc(N(C(=O)OC(C)(C)C)S(=O)(=O)c3ccccc3Cl)c3ccccc23)c(C(=O)/C=C/N(C)C)s1. The van der Waals surface area contributed by atoms with E-state index in [4.69, 9.17) is 74.7 Å². The Morgan fingerprint density at radius 2 is 0.837 bits per heavy atom. The normalized spacial score (nSPS) is 12.9. The molecule has 1 fully saturated rings. The number of thiazole rings is 3. The Balaban J connectivity index is 0.000000201. The van der Waals surface area contributed by atoms with Crippen molar-refractivity contribution < 1.29 is 82.4 Å². The first-order valence-corrected chi connectivity index (χ1v) is 47.3. The van der Waals surface area contributed by atoms with Gasteiger partial charge in [0.15, 0.2) is 17.5 Å². The number of aromatic nitrogens is 3. The Morgan fingerprint density at radius 3 is 1.22 bits per heavy atom. The van der Waals surface area contributed by atoms with Crippen molar-refractivity contribution >= 4 is 190 Å². The molecule has 12 aromatic rings. The molecule has 29 nitrogen and oxygen atoms in total. The number of fused-ring (bicyclic) bond motifs is 3. The smallest absolute Gasteiger partial charge is 0.429 e. The zero-order chi connectivity index (χ0) is 93.9. The van der Waals surface area contributed by atoms with E-state index in [2.05, 4.69) is 24.7 Å². The molecule has 682 valence electrons. The molecule has 13 rings (SSSR count). The number of amides is 3. The number of hydrogen-bond donors (Lipinski definition) is 3. The van der Waals surface area contributed by atoms with E-state index in [0.717, 1.165) is 12.8 Å². The third kappa shape index (κ3) is 25.8. The number of benzene rings is 9. The predicted molar refractivity (Wildman–Crippen MR) is 510 cm³/mol. The molecule has 129 heavy (non-hydrogen) atoms. The summed E-state index contributed by atoms with van der Waals surface area (Å²) in [4.78, 5) is 96.8. The van der Waals surface area contributed by atoms with Gasteiger partial charge in [0.1, 0.15) is 63.4 Å². The van der Waals surface area contributed by atoms with Crippen LogP contribution in [0.1, 0.15) is 140 Å². The Morgan fingerprint density at radius 1 is 0.488 bits per heavy atom. The van der Waals surface area contributed by atoms with Gasteiger partial charge in [-0.3, -0.25) is 19.1 Å². The number of allylic oxidation sites excluding steroid dienone is 1. The van der Waals surface area contributed by atoms with E-state index in [1.165, 1.54) is 127 Å². The van der Waals surface area contributed by atoms with Crippen molar-refractivity contribution in [1.82, 2.24) is 24.8 Å². The quantitative estimate of drug-likeness (QED) is 0.0198. The minimum Gasteiger partial charge on any atom is -0.444 e. The molecule has 4 heterocycles. The average Bonchev–Trinajstić information content (AvgIpc) is 1.02. The molecule has 1 saturated heterocycles. The number of sulfonamides is 3. The summed E-state index contributed by atoms with van der Waals surface area (Å²) in [5, 5.41) is 5.10. The topological polar surface area (TPSA) is 388 Å². The molecule has 38 heteroatoms. The van der Waals surface area contributed by atoms with Gasteiger partial charge in [0.2, 0.25) is 23.4 Å². The van der Waals surface area contributed by atoms with Gasteiger partial charge in [-0.1, -0.05) is 151 Å². The van der Waals surface area contributed by atoms with Crippen LogP contribution in [-0.4, -0.2) is 142 Å². The summed E-state index contributed by atoms with van der Waals surface area (Å²) in [6.07, 6.45) is 2.36. The number of hydrogen-bond acceptors (Lipinski definition) is 26. The molecule has 3 aromatic heterocycles. The van der Waals surface area contributed by atoms with Gasteiger partial charge in [0.25, 0.3) is 30.1 Å². The number of rotatable bonds is 21. The fraction of sp³-hybridized carbons (Fsp3) is 0.275. The number of carbonyl (C=O) groups is 6. The van der Waals surface area contributed by atoms with E-state index >= 15 is 0 Å². The number of nitrogens with zero attached hydrogens (tertiary/aromatic N) is 8. The maximum absolute atomic E-state index is 14.0. The van der Waals surface area contributed by atoms with Gasteiger partial charge in [-0.2, -0.15) is 8.61 Å². The summed E-state index contributed by atoms with van der Waals surface area (Å²) in [6, 6.07) is 48.0. The summed E-state index contributed by atoms with van der Waals surface area (Å²) in [6.45, 7) is 24.8. The first-order chi connectivity index (χ1) is 60.0. The molecule has 5 N–H and O–H groups in total. The van der Waals surface area contributed by atoms with E-state index in [-0.39, 0.29) is 102 Å². The predicted octanol–water partition coefficient (Wildman–Crippen LogP) is 22.2. The van der Waals surface area contributed by atoms with Crippen LogP contribution in [0.5, 0.6) is 34.9 Å². The van der Waals surface area contributed by atoms with Crippen LogP contribution < -0.4 is 39.0 Å². The zero-order valence-electron chi connectivity index (χ0n) is 72.5. The molecule has 3 amide bonds. The Bertz CT molecular complexity index is 6640. The lowest BCUT2D eigenvalue weighted by atomic mass is 10.1. The van der Waals surface area contributed by atoms with Crippen molar-refractivity contribution in [3.8, 4) is 34.9 Å². The van der Waals surface area contributed by atoms with Crippen LogP contribution in [0, 0.1) is 20.8 Å². The number of likely N-dealkylation sites (tertiary alicyclic amines) is 1. The number of aryl methyl sites for hydroxylation is 3. The number of ether oxygens (including phenoxy) is 6. The molecule has 9 aromatic carbocycles. The van der Waals surface area contributed by atoms with E-state index in [1.807, 2.05) is 32.9 Å². The minimum absolute atomic E-state index is 0. The zero-order valence-corrected chi connectivity index (χ0v) is 79.7. The van der Waals surface area contributed by atoms with Crippen LogP contribution in [0.25, 0.3) is 32.3 Å². The van der Waals surface area contributed by atoms with E-state index in [1.54, 1.807) is 189 Å². The lowest BCUT2D eigenvalue weighted by Crippen LogP contribution is -2.45. The van der Waals surface area contributed by atoms with Crippen molar-refractivity contribution in [3.63, 3.8) is 0 Å². The van der Waals surface area contributed by atoms with Gasteiger partial charge in [0, 0.05) is 85.6 Å². The molecule has 1 atom stereocenters. The number of Topliss-reactive ketones (excluding diaryl/α,β-unsaturated/α-hetero) is 2. The monoisotopic (exact) mass is 1930 g/mol. The molecule has 0 bridgehead atoms. The van der Waals surface area contributed by atoms with Gasteiger partial charge < -0.3 is 49.7 Å². The second-order valence-electron chi connectivity index (χ2n) is 31.8. The summed E-state index contributed by atoms with van der Waals surface area (Å²) in [5.41, 5.74) is 8.70. The van der Waals surface area contributed by atoms with Crippen LogP contribution in [0.3, 0.4) is 0 Å². The third-order valence-electron chi connectivity index (χ3n) is 17.7. The Hall–Kier alpha value is -11.8. The molecule has 0 radical (unpaired) electrons. The van der Waals surface area contributed by atoms with Crippen LogP contribution in [0.2, 0.25) is 15.1 Å². The molecule has 1 aliphatic rings. The summed E-state index contributed by atoms with van der Waals surface area (Å²) >= 11 is 22.3. The number of anilines is 3. The van der Waals surface area contributed by atoms with Crippen molar-refractivity contribution in [2.45, 2.75) is 155 Å². The number of aliphatic imine (C=N–C) groups is 1. The molecular formula is C91H98Cl3N11O18S6. The van der Waals surface area contributed by atoms with Gasteiger partial charge in [-0.15, -0.1) is 34.0 Å². The highest BCUT2D eigenvalue weighted by molar-refractivity contribution is 7.94. The highest BCUT2D eigenvalue weighted by Crippen LogP contribution is 2.45. The van der Waals surface area contributed by atoms with E-state index in [9.17, 15) is 54.0 Å². The lowest BCUT2D eigenvalue weighted by molar-refractivity contribution is 0.0200. The largest absolute Gasteiger partial charge is 0.444 e. The van der Waals surface area contributed by atoms with Crippen LogP contribution >= 0.6 is 68.8 Å². The van der Waals surface area contributed by atoms with E-state index in [0.29, 0.717) is 107 Å². The third-order valence-corrected chi connectivity index (χ3v) is 27.0. The first kappa shape index (κ1) is 101. The molecule has 0 aliphatic carbocycles. The molecule has 1 aliphatic heterocycles. The fourth-order valence-corrected chi connectivity index (χ4v) is 20.1. The van der Waals surface area contributed by atoms with Crippen molar-refractivity contribution in [2.24, 2.45) is 16.5 Å². The molecular weight excluding hydrogens is 1830 g/mol. The van der Waals surface area contributed by atoms with Gasteiger partial charge >= 0.3 is 18.3 Å². The number of guanidine groups is 1.